The molecule has 2 rings (SSSR count). The first-order valence-electron chi connectivity index (χ1n) is 9.43. The lowest BCUT2D eigenvalue weighted by molar-refractivity contribution is 0.336. The molecule has 0 saturated heterocycles. The van der Waals surface area contributed by atoms with Gasteiger partial charge in [0.25, 0.3) is 0 Å². The van der Waals surface area contributed by atoms with Crippen molar-refractivity contribution in [3.63, 3.8) is 0 Å². The summed E-state index contributed by atoms with van der Waals surface area (Å²) in [4.78, 5) is 4.42. The van der Waals surface area contributed by atoms with Gasteiger partial charge in [-0.15, -0.1) is 0 Å². The fourth-order valence-electron chi connectivity index (χ4n) is 2.99. The maximum absolute atomic E-state index is 5.83. The number of unbranched alkanes of at least 4 members (excludes halogenated alkanes) is 5. The fourth-order valence-corrected chi connectivity index (χ4v) is 2.99. The van der Waals surface area contributed by atoms with Gasteiger partial charge in [-0.05, 0) is 56.0 Å². The summed E-state index contributed by atoms with van der Waals surface area (Å²) in [6.45, 7) is 7.05. The summed E-state index contributed by atoms with van der Waals surface area (Å²) in [5.41, 5.74) is 4.78. The first-order valence-corrected chi connectivity index (χ1v) is 9.43. The lowest BCUT2D eigenvalue weighted by Crippen LogP contribution is -1.98. The quantitative estimate of drug-likeness (QED) is 0.474. The molecule has 0 aliphatic heterocycles. The Labute approximate surface area is 147 Å². The van der Waals surface area contributed by atoms with Gasteiger partial charge in [-0.2, -0.15) is 0 Å². The van der Waals surface area contributed by atoms with Crippen LogP contribution >= 0.6 is 0 Å². The minimum atomic E-state index is 0.717. The van der Waals surface area contributed by atoms with Crippen LogP contribution in [0.5, 0.6) is 5.75 Å². The predicted octanol–water partition coefficient (Wildman–Crippen LogP) is 6.36. The van der Waals surface area contributed by atoms with Gasteiger partial charge in [0, 0.05) is 17.5 Å². The van der Waals surface area contributed by atoms with Gasteiger partial charge in [-0.25, -0.2) is 0 Å². The molecule has 130 valence electrons. The Bertz CT molecular complexity index is 604. The first-order chi connectivity index (χ1) is 11.7. The van der Waals surface area contributed by atoms with Crippen LogP contribution in [0.2, 0.25) is 0 Å². The number of ether oxygens (including phenoxy) is 1. The zero-order valence-corrected chi connectivity index (χ0v) is 15.5. The van der Waals surface area contributed by atoms with E-state index in [1.807, 2.05) is 20.0 Å². The fraction of sp³-hybridized carbons (Fsp3) is 0.500. The van der Waals surface area contributed by atoms with E-state index in [0.29, 0.717) is 0 Å². The molecule has 0 saturated carbocycles. The molecule has 2 aromatic rings. The molecule has 0 fully saturated rings. The van der Waals surface area contributed by atoms with E-state index in [9.17, 15) is 0 Å². The summed E-state index contributed by atoms with van der Waals surface area (Å²) in [7, 11) is 0. The van der Waals surface area contributed by atoms with Gasteiger partial charge < -0.3 is 4.74 Å². The van der Waals surface area contributed by atoms with E-state index in [1.165, 1.54) is 55.2 Å². The van der Waals surface area contributed by atoms with Crippen molar-refractivity contribution in [3.05, 3.63) is 47.8 Å². The van der Waals surface area contributed by atoms with Crippen LogP contribution in [0.3, 0.4) is 0 Å². The number of hydrogen-bond acceptors (Lipinski definition) is 2. The highest BCUT2D eigenvalue weighted by molar-refractivity contribution is 5.65. The van der Waals surface area contributed by atoms with Crippen LogP contribution in [0.4, 0.5) is 0 Å². The van der Waals surface area contributed by atoms with Crippen molar-refractivity contribution < 1.29 is 4.74 Å². The molecule has 0 unspecified atom stereocenters. The number of benzene rings is 1. The predicted molar refractivity (Wildman–Crippen MR) is 103 cm³/mol. The Morgan fingerprint density at radius 3 is 2.33 bits per heavy atom. The third-order valence-corrected chi connectivity index (χ3v) is 4.40. The Morgan fingerprint density at radius 2 is 1.62 bits per heavy atom. The molecule has 24 heavy (non-hydrogen) atoms. The molecule has 1 aromatic carbocycles. The van der Waals surface area contributed by atoms with Crippen molar-refractivity contribution in [2.45, 2.75) is 65.7 Å². The number of nitrogens with zero attached hydrogens (tertiary/aromatic N) is 1. The zero-order chi connectivity index (χ0) is 17.2. The molecule has 2 heteroatoms. The van der Waals surface area contributed by atoms with Gasteiger partial charge in [0.05, 0.1) is 6.61 Å². The maximum Gasteiger partial charge on any atom is 0.122 e. The minimum Gasteiger partial charge on any atom is -0.494 e. The minimum absolute atomic E-state index is 0.717. The topological polar surface area (TPSA) is 22.1 Å². The van der Waals surface area contributed by atoms with Crippen molar-refractivity contribution in [3.8, 4) is 16.9 Å². The van der Waals surface area contributed by atoms with Crippen LogP contribution in [0.15, 0.2) is 36.5 Å². The average molecular weight is 325 g/mol. The molecule has 1 aromatic heterocycles. The highest BCUT2D eigenvalue weighted by Crippen LogP contribution is 2.28. The Balaban J connectivity index is 2.05. The van der Waals surface area contributed by atoms with Crippen molar-refractivity contribution in [2.75, 3.05) is 6.61 Å². The van der Waals surface area contributed by atoms with Crippen molar-refractivity contribution in [1.82, 2.24) is 4.98 Å². The van der Waals surface area contributed by atoms with E-state index >= 15 is 0 Å². The van der Waals surface area contributed by atoms with Gasteiger partial charge in [0.2, 0.25) is 0 Å². The monoisotopic (exact) mass is 325 g/mol. The lowest BCUT2D eigenvalue weighted by Gasteiger charge is -2.12. The third kappa shape index (κ3) is 5.67. The summed E-state index contributed by atoms with van der Waals surface area (Å²) in [6.07, 6.45) is 11.0. The molecule has 0 N–H and O–H groups in total. The van der Waals surface area contributed by atoms with Crippen LogP contribution in [-0.2, 0) is 6.42 Å². The smallest absolute Gasteiger partial charge is 0.122 e. The van der Waals surface area contributed by atoms with E-state index < -0.39 is 0 Å². The van der Waals surface area contributed by atoms with Crippen LogP contribution in [0.1, 0.15) is 63.6 Å². The molecule has 0 aliphatic carbocycles. The molecule has 0 atom stereocenters. The maximum atomic E-state index is 5.83. The van der Waals surface area contributed by atoms with E-state index in [2.05, 4.69) is 42.2 Å². The standard InChI is InChI=1S/C22H31NO/c1-4-6-7-8-9-10-11-20-16-19(14-15-22(20)24-5-2)21-13-12-18(3)23-17-21/h12-17H,4-11H2,1-3H3. The van der Waals surface area contributed by atoms with Gasteiger partial charge in [0.15, 0.2) is 0 Å². The number of rotatable bonds is 10. The average Bonchev–Trinajstić information content (AvgIpc) is 2.60. The van der Waals surface area contributed by atoms with Crippen LogP contribution in [-0.4, -0.2) is 11.6 Å². The molecule has 0 radical (unpaired) electrons. The summed E-state index contributed by atoms with van der Waals surface area (Å²) >= 11 is 0. The molecular formula is C22H31NO. The molecule has 0 amide bonds. The largest absolute Gasteiger partial charge is 0.494 e. The lowest BCUT2D eigenvalue weighted by atomic mass is 9.99. The van der Waals surface area contributed by atoms with E-state index in [4.69, 9.17) is 4.74 Å². The first kappa shape index (κ1) is 18.5. The SMILES string of the molecule is CCCCCCCCc1cc(-c2ccc(C)nc2)ccc1OCC. The van der Waals surface area contributed by atoms with Gasteiger partial charge in [-0.1, -0.05) is 51.2 Å². The molecule has 1 heterocycles. The highest BCUT2D eigenvalue weighted by Gasteiger charge is 2.07. The second-order valence-corrected chi connectivity index (χ2v) is 6.46. The Morgan fingerprint density at radius 1 is 0.875 bits per heavy atom. The molecule has 0 aliphatic rings. The number of aromatic nitrogens is 1. The van der Waals surface area contributed by atoms with Crippen LogP contribution < -0.4 is 4.74 Å². The zero-order valence-electron chi connectivity index (χ0n) is 15.5. The van der Waals surface area contributed by atoms with Gasteiger partial charge >= 0.3 is 0 Å². The highest BCUT2D eigenvalue weighted by atomic mass is 16.5. The van der Waals surface area contributed by atoms with E-state index in [1.54, 1.807) is 0 Å². The second kappa shape index (κ2) is 10.1. The molecule has 2 nitrogen and oxygen atoms in total. The summed E-state index contributed by atoms with van der Waals surface area (Å²) in [5.74, 6) is 1.04. The second-order valence-electron chi connectivity index (χ2n) is 6.46. The van der Waals surface area contributed by atoms with E-state index in [0.717, 1.165) is 24.5 Å². The van der Waals surface area contributed by atoms with Gasteiger partial charge in [-0.3, -0.25) is 4.98 Å². The Hall–Kier alpha value is -1.83. The summed E-state index contributed by atoms with van der Waals surface area (Å²) in [5, 5.41) is 0. The number of hydrogen-bond donors (Lipinski definition) is 0. The number of pyridine rings is 1. The number of aryl methyl sites for hydroxylation is 2. The van der Waals surface area contributed by atoms with Crippen LogP contribution in [0.25, 0.3) is 11.1 Å². The normalized spacial score (nSPS) is 10.8. The van der Waals surface area contributed by atoms with Crippen molar-refractivity contribution >= 4 is 0 Å². The summed E-state index contributed by atoms with van der Waals surface area (Å²) in [6, 6.07) is 10.8. The Kier molecular flexibility index (Phi) is 7.81. The third-order valence-electron chi connectivity index (χ3n) is 4.40. The van der Waals surface area contributed by atoms with E-state index in [-0.39, 0.29) is 0 Å². The van der Waals surface area contributed by atoms with Crippen LogP contribution in [0, 0.1) is 6.92 Å². The molecule has 0 spiro atoms. The summed E-state index contributed by atoms with van der Waals surface area (Å²) < 4.78 is 5.83. The molecular weight excluding hydrogens is 294 g/mol. The molecule has 0 bridgehead atoms. The van der Waals surface area contributed by atoms with Crippen molar-refractivity contribution in [1.29, 1.82) is 0 Å². The van der Waals surface area contributed by atoms with Gasteiger partial charge in [0.1, 0.15) is 5.75 Å². The van der Waals surface area contributed by atoms with Crippen molar-refractivity contribution in [2.24, 2.45) is 0 Å².